The van der Waals surface area contributed by atoms with E-state index in [-0.39, 0.29) is 30.1 Å². The monoisotopic (exact) mass is 370 g/mol. The summed E-state index contributed by atoms with van der Waals surface area (Å²) < 4.78 is 6.31. The van der Waals surface area contributed by atoms with E-state index < -0.39 is 0 Å². The Bertz CT molecular complexity index is 991. The fourth-order valence-corrected chi connectivity index (χ4v) is 2.65. The average Bonchev–Trinajstić information content (AvgIpc) is 3.26. The van der Waals surface area contributed by atoms with Gasteiger partial charge in [0.1, 0.15) is 5.69 Å². The molecule has 3 N–H and O–H groups in total. The summed E-state index contributed by atoms with van der Waals surface area (Å²) in [6.07, 6.45) is 5.39. The van der Waals surface area contributed by atoms with Crippen LogP contribution >= 0.6 is 0 Å². The average molecular weight is 370 g/mol. The van der Waals surface area contributed by atoms with Gasteiger partial charge in [-0.05, 0) is 29.6 Å². The van der Waals surface area contributed by atoms with Crippen molar-refractivity contribution in [2.24, 2.45) is 0 Å². The smallest absolute Gasteiger partial charge is 0.314 e. The molecule has 0 aliphatic heterocycles. The number of imidazole rings is 1. The van der Waals surface area contributed by atoms with Crippen molar-refractivity contribution in [3.05, 3.63) is 41.1 Å². The van der Waals surface area contributed by atoms with Crippen LogP contribution in [0.4, 0.5) is 4.79 Å². The number of aromatic nitrogens is 5. The van der Waals surface area contributed by atoms with Gasteiger partial charge in [-0.15, -0.1) is 0 Å². The Kier molecular flexibility index (Phi) is 4.40. The molecule has 4 rings (SSSR count). The lowest BCUT2D eigenvalue weighted by atomic mass is 10.2. The molecule has 0 spiro atoms. The normalized spacial score (nSPS) is 13.5. The highest BCUT2D eigenvalue weighted by atomic mass is 16.6. The molecule has 0 aromatic carbocycles. The molecule has 3 aromatic heterocycles. The number of amides is 3. The van der Waals surface area contributed by atoms with Crippen LogP contribution in [0.3, 0.4) is 0 Å². The van der Waals surface area contributed by atoms with Gasteiger partial charge in [0.25, 0.3) is 5.91 Å². The summed E-state index contributed by atoms with van der Waals surface area (Å²) in [6.45, 7) is 0.566. The number of fused-ring (bicyclic) bond motifs is 1. The first kappa shape index (κ1) is 16.9. The summed E-state index contributed by atoms with van der Waals surface area (Å²) in [5.41, 5.74) is 2.95. The summed E-state index contributed by atoms with van der Waals surface area (Å²) in [5, 5.41) is 19.7. The molecule has 1 saturated carbocycles. The van der Waals surface area contributed by atoms with Gasteiger partial charge in [0.2, 0.25) is 0 Å². The zero-order chi connectivity index (χ0) is 18.8. The van der Waals surface area contributed by atoms with Gasteiger partial charge in [-0.25, -0.2) is 18.9 Å². The molecular weight excluding hydrogens is 352 g/mol. The Morgan fingerprint density at radius 3 is 2.89 bits per heavy atom. The summed E-state index contributed by atoms with van der Waals surface area (Å²) in [4.78, 5) is 28.0. The minimum Gasteiger partial charge on any atom is -0.345 e. The molecule has 1 fully saturated rings. The van der Waals surface area contributed by atoms with Crippen LogP contribution in [0, 0.1) is 0 Å². The van der Waals surface area contributed by atoms with Crippen molar-refractivity contribution in [3.63, 3.8) is 0 Å². The fourth-order valence-electron chi connectivity index (χ4n) is 2.65. The number of nitrogens with zero attached hydrogens (tertiary/aromatic N) is 5. The highest BCUT2D eigenvalue weighted by molar-refractivity contribution is 5.93. The van der Waals surface area contributed by atoms with Crippen LogP contribution in [0.5, 0.6) is 0 Å². The molecule has 140 valence electrons. The van der Waals surface area contributed by atoms with E-state index in [2.05, 4.69) is 36.3 Å². The number of hydrogen-bond donors (Lipinski definition) is 3. The van der Waals surface area contributed by atoms with Gasteiger partial charge in [-0.1, -0.05) is 5.16 Å². The second-order valence-corrected chi connectivity index (χ2v) is 6.29. The van der Waals surface area contributed by atoms with E-state index in [4.69, 9.17) is 4.63 Å². The number of rotatable bonds is 6. The Morgan fingerprint density at radius 2 is 2.11 bits per heavy atom. The zero-order valence-corrected chi connectivity index (χ0v) is 14.6. The third kappa shape index (κ3) is 3.71. The number of carbonyl (C=O) groups excluding carboxylic acids is 2. The third-order valence-corrected chi connectivity index (χ3v) is 4.23. The van der Waals surface area contributed by atoms with Crippen molar-refractivity contribution in [1.82, 2.24) is 40.9 Å². The molecule has 3 heterocycles. The second kappa shape index (κ2) is 7.02. The Balaban J connectivity index is 1.40. The molecule has 27 heavy (non-hydrogen) atoms. The number of hydrogen-bond acceptors (Lipinski definition) is 7. The topological polar surface area (TPSA) is 139 Å². The summed E-state index contributed by atoms with van der Waals surface area (Å²) in [7, 11) is 1.55. The van der Waals surface area contributed by atoms with E-state index in [1.165, 1.54) is 0 Å². The lowest BCUT2D eigenvalue weighted by molar-refractivity contribution is 0.0940. The molecular formula is C16H18N8O3. The lowest BCUT2D eigenvalue weighted by Gasteiger charge is -2.03. The second-order valence-electron chi connectivity index (χ2n) is 6.29. The van der Waals surface area contributed by atoms with Crippen LogP contribution in [0.1, 0.15) is 46.2 Å². The van der Waals surface area contributed by atoms with Gasteiger partial charge in [0.05, 0.1) is 24.6 Å². The van der Waals surface area contributed by atoms with E-state index in [9.17, 15) is 9.59 Å². The molecule has 0 saturated heterocycles. The van der Waals surface area contributed by atoms with Gasteiger partial charge < -0.3 is 16.0 Å². The number of carbonyl (C=O) groups is 2. The van der Waals surface area contributed by atoms with Crippen LogP contribution < -0.4 is 16.0 Å². The summed E-state index contributed by atoms with van der Waals surface area (Å²) >= 11 is 0. The van der Waals surface area contributed by atoms with Crippen LogP contribution in [0.15, 0.2) is 23.1 Å². The van der Waals surface area contributed by atoms with Crippen molar-refractivity contribution in [2.75, 3.05) is 7.05 Å². The van der Waals surface area contributed by atoms with E-state index >= 15 is 0 Å². The van der Waals surface area contributed by atoms with Gasteiger partial charge in [-0.2, -0.15) is 5.10 Å². The molecule has 11 nitrogen and oxygen atoms in total. The van der Waals surface area contributed by atoms with Gasteiger partial charge >= 0.3 is 6.03 Å². The molecule has 3 amide bonds. The van der Waals surface area contributed by atoms with E-state index in [1.54, 1.807) is 24.0 Å². The fraction of sp³-hybridized carbons (Fsp3) is 0.375. The standard InChI is InChI=1S/C16H18N8O3/c1-17-16(26)19-5-9-4-12-21-11(8-24(12)20-6-9)7-18-15(25)14-13(10-2-3-10)22-27-23-14/h4,6,8,10H,2-3,5,7H2,1H3,(H,18,25)(H2,17,19,26). The Morgan fingerprint density at radius 1 is 1.26 bits per heavy atom. The maximum absolute atomic E-state index is 12.3. The van der Waals surface area contributed by atoms with E-state index in [0.29, 0.717) is 23.6 Å². The quantitative estimate of drug-likeness (QED) is 0.569. The van der Waals surface area contributed by atoms with Crippen LogP contribution in [-0.4, -0.2) is 43.9 Å². The molecule has 0 atom stereocenters. The molecule has 0 bridgehead atoms. The lowest BCUT2D eigenvalue weighted by Crippen LogP contribution is -2.32. The summed E-state index contributed by atoms with van der Waals surface area (Å²) in [6, 6.07) is 1.55. The van der Waals surface area contributed by atoms with Crippen molar-refractivity contribution in [1.29, 1.82) is 0 Å². The Hall–Kier alpha value is -3.50. The van der Waals surface area contributed by atoms with Crippen molar-refractivity contribution >= 4 is 17.6 Å². The molecule has 0 radical (unpaired) electrons. The first-order valence-corrected chi connectivity index (χ1v) is 8.53. The van der Waals surface area contributed by atoms with E-state index in [0.717, 1.165) is 18.4 Å². The van der Waals surface area contributed by atoms with Crippen LogP contribution in [0.2, 0.25) is 0 Å². The first-order valence-electron chi connectivity index (χ1n) is 8.53. The SMILES string of the molecule is CNC(=O)NCc1cnn2cc(CNC(=O)c3nonc3C3CC3)nc2c1. The predicted molar refractivity (Wildman–Crippen MR) is 91.7 cm³/mol. The van der Waals surface area contributed by atoms with Gasteiger partial charge in [-0.3, -0.25) is 4.79 Å². The molecule has 1 aliphatic rings. The maximum atomic E-state index is 12.3. The van der Waals surface area contributed by atoms with Crippen molar-refractivity contribution < 1.29 is 14.2 Å². The minimum atomic E-state index is -0.335. The van der Waals surface area contributed by atoms with Crippen LogP contribution in [0.25, 0.3) is 5.65 Å². The molecule has 1 aliphatic carbocycles. The van der Waals surface area contributed by atoms with Gasteiger partial charge in [0, 0.05) is 19.5 Å². The third-order valence-electron chi connectivity index (χ3n) is 4.23. The van der Waals surface area contributed by atoms with Crippen molar-refractivity contribution in [2.45, 2.75) is 31.8 Å². The predicted octanol–water partition coefficient (Wildman–Crippen LogP) is 0.349. The highest BCUT2D eigenvalue weighted by Gasteiger charge is 2.33. The van der Waals surface area contributed by atoms with Gasteiger partial charge in [0.15, 0.2) is 11.3 Å². The summed E-state index contributed by atoms with van der Waals surface area (Å²) in [5.74, 6) is -0.0585. The maximum Gasteiger partial charge on any atom is 0.314 e. The number of nitrogens with one attached hydrogen (secondary N) is 3. The highest BCUT2D eigenvalue weighted by Crippen LogP contribution is 2.40. The van der Waals surface area contributed by atoms with Crippen molar-refractivity contribution in [3.8, 4) is 0 Å². The largest absolute Gasteiger partial charge is 0.345 e. The molecule has 3 aromatic rings. The zero-order valence-electron chi connectivity index (χ0n) is 14.6. The first-order chi connectivity index (χ1) is 13.1. The number of urea groups is 1. The molecule has 0 unspecified atom stereocenters. The van der Waals surface area contributed by atoms with Crippen LogP contribution in [-0.2, 0) is 13.1 Å². The molecule has 11 heteroatoms. The minimum absolute atomic E-state index is 0.227. The Labute approximate surface area is 153 Å². The van der Waals surface area contributed by atoms with E-state index in [1.807, 2.05) is 6.07 Å².